The van der Waals surface area contributed by atoms with E-state index in [0.29, 0.717) is 10.8 Å². The number of halogens is 4. The van der Waals surface area contributed by atoms with Crippen LogP contribution in [-0.4, -0.2) is 40.3 Å². The maximum atomic E-state index is 12.9. The molecule has 32 heavy (non-hydrogen) atoms. The molecule has 0 aliphatic heterocycles. The van der Waals surface area contributed by atoms with Gasteiger partial charge in [-0.05, 0) is 49.2 Å². The van der Waals surface area contributed by atoms with Crippen molar-refractivity contribution >= 4 is 33.2 Å². The van der Waals surface area contributed by atoms with Crippen LogP contribution in [0.25, 0.3) is 0 Å². The van der Waals surface area contributed by atoms with Gasteiger partial charge in [-0.15, -0.1) is 0 Å². The van der Waals surface area contributed by atoms with E-state index in [2.05, 4.69) is 5.32 Å². The third kappa shape index (κ3) is 7.90. The number of amides is 1. The van der Waals surface area contributed by atoms with Crippen LogP contribution in [0.5, 0.6) is 5.75 Å². The van der Waals surface area contributed by atoms with Gasteiger partial charge in [-0.1, -0.05) is 23.7 Å². The van der Waals surface area contributed by atoms with Gasteiger partial charge in [-0.2, -0.15) is 13.2 Å². The van der Waals surface area contributed by atoms with E-state index >= 15 is 0 Å². The highest BCUT2D eigenvalue weighted by molar-refractivity contribution is 7.92. The summed E-state index contributed by atoms with van der Waals surface area (Å²) in [6, 6.07) is 9.31. The van der Waals surface area contributed by atoms with E-state index < -0.39 is 21.8 Å². The molecule has 1 N–H and O–H groups in total. The Morgan fingerprint density at radius 2 is 1.91 bits per heavy atom. The van der Waals surface area contributed by atoms with Crippen LogP contribution in [0, 0.1) is 6.92 Å². The van der Waals surface area contributed by atoms with E-state index in [-0.39, 0.29) is 44.1 Å². The summed E-state index contributed by atoms with van der Waals surface area (Å²) in [5.74, 6) is 0.243. The number of carbonyl (C=O) groups is 1. The first-order valence-corrected chi connectivity index (χ1v) is 11.9. The van der Waals surface area contributed by atoms with Crippen molar-refractivity contribution in [2.45, 2.75) is 25.9 Å². The van der Waals surface area contributed by atoms with Gasteiger partial charge in [-0.25, -0.2) is 8.42 Å². The summed E-state index contributed by atoms with van der Waals surface area (Å²) in [6.45, 7) is 2.18. The van der Waals surface area contributed by atoms with Crippen molar-refractivity contribution in [3.05, 3.63) is 58.6 Å². The van der Waals surface area contributed by atoms with Crippen LogP contribution in [0.15, 0.2) is 42.5 Å². The molecule has 0 bridgehead atoms. The van der Waals surface area contributed by atoms with Crippen LogP contribution < -0.4 is 14.4 Å². The van der Waals surface area contributed by atoms with Crippen LogP contribution in [0.1, 0.15) is 24.0 Å². The number of nitrogens with one attached hydrogen (secondary N) is 1. The van der Waals surface area contributed by atoms with Crippen LogP contribution in [0.3, 0.4) is 0 Å². The van der Waals surface area contributed by atoms with Gasteiger partial charge in [-0.3, -0.25) is 9.10 Å². The van der Waals surface area contributed by atoms with Gasteiger partial charge in [0.25, 0.3) is 0 Å². The number of rotatable bonds is 10. The zero-order valence-electron chi connectivity index (χ0n) is 17.6. The first-order chi connectivity index (χ1) is 14.9. The highest BCUT2D eigenvalue weighted by Gasteiger charge is 2.31. The molecule has 0 saturated heterocycles. The minimum absolute atomic E-state index is 0.00133. The molecule has 0 heterocycles. The lowest BCUT2D eigenvalue weighted by Crippen LogP contribution is -2.33. The van der Waals surface area contributed by atoms with Gasteiger partial charge < -0.3 is 10.1 Å². The predicted molar refractivity (Wildman–Crippen MR) is 118 cm³/mol. The third-order valence-corrected chi connectivity index (χ3v) is 6.06. The molecule has 0 aliphatic rings. The van der Waals surface area contributed by atoms with E-state index in [4.69, 9.17) is 16.3 Å². The lowest BCUT2D eigenvalue weighted by molar-refractivity contribution is -0.137. The number of benzene rings is 2. The summed E-state index contributed by atoms with van der Waals surface area (Å²) < 4.78 is 69.3. The molecule has 11 heteroatoms. The van der Waals surface area contributed by atoms with E-state index in [9.17, 15) is 26.4 Å². The van der Waals surface area contributed by atoms with Gasteiger partial charge >= 0.3 is 6.18 Å². The Morgan fingerprint density at radius 1 is 1.19 bits per heavy atom. The number of hydrogen-bond acceptors (Lipinski definition) is 4. The molecular weight excluding hydrogens is 469 g/mol. The normalized spacial score (nSPS) is 11.8. The smallest absolute Gasteiger partial charge is 0.416 e. The average Bonchev–Trinajstić information content (AvgIpc) is 2.69. The molecular formula is C21H24ClF3N2O4S. The topological polar surface area (TPSA) is 75.7 Å². The number of carbonyl (C=O) groups excluding carboxylic acids is 1. The largest absolute Gasteiger partial charge is 0.492 e. The summed E-state index contributed by atoms with van der Waals surface area (Å²) >= 11 is 6.01. The van der Waals surface area contributed by atoms with Gasteiger partial charge in [0.05, 0.1) is 24.1 Å². The molecule has 2 aromatic rings. The fourth-order valence-electron chi connectivity index (χ4n) is 2.82. The lowest BCUT2D eigenvalue weighted by atomic mass is 10.2. The second-order valence-electron chi connectivity index (χ2n) is 7.10. The number of aryl methyl sites for hydroxylation is 1. The number of sulfonamides is 1. The van der Waals surface area contributed by atoms with Gasteiger partial charge in [0.15, 0.2) is 0 Å². The summed E-state index contributed by atoms with van der Waals surface area (Å²) in [7, 11) is -3.83. The Balaban J connectivity index is 1.84. The van der Waals surface area contributed by atoms with Crippen molar-refractivity contribution in [3.63, 3.8) is 0 Å². The summed E-state index contributed by atoms with van der Waals surface area (Å²) in [4.78, 5) is 12.0. The number of alkyl halides is 3. The van der Waals surface area contributed by atoms with Crippen molar-refractivity contribution in [3.8, 4) is 5.75 Å². The summed E-state index contributed by atoms with van der Waals surface area (Å²) in [5, 5.41) is 3.22. The Labute approximate surface area is 190 Å². The van der Waals surface area contributed by atoms with Crippen LogP contribution in [0.4, 0.5) is 18.9 Å². The molecule has 0 saturated carbocycles. The maximum absolute atomic E-state index is 12.9. The molecule has 0 radical (unpaired) electrons. The highest BCUT2D eigenvalue weighted by Crippen LogP contribution is 2.32. The molecule has 6 nitrogen and oxygen atoms in total. The first kappa shape index (κ1) is 25.8. The number of nitrogens with zero attached hydrogens (tertiary/aromatic N) is 1. The second kappa shape index (κ2) is 10.9. The summed E-state index contributed by atoms with van der Waals surface area (Å²) in [5.41, 5.74) is -0.135. The monoisotopic (exact) mass is 492 g/mol. The third-order valence-electron chi connectivity index (χ3n) is 4.46. The van der Waals surface area contributed by atoms with Crippen LogP contribution >= 0.6 is 11.6 Å². The lowest BCUT2D eigenvalue weighted by Gasteiger charge is -2.23. The van der Waals surface area contributed by atoms with E-state index in [0.717, 1.165) is 34.3 Å². The second-order valence-corrected chi connectivity index (χ2v) is 9.41. The average molecular weight is 493 g/mol. The molecule has 0 aliphatic carbocycles. The number of hydrogen-bond donors (Lipinski definition) is 1. The molecule has 0 fully saturated rings. The van der Waals surface area contributed by atoms with Crippen molar-refractivity contribution in [2.75, 3.05) is 30.3 Å². The standard InChI is InChI=1S/C21H24ClF3N2O4S/c1-15-8-9-18(14-19(15)22)31-12-10-26-20(28)7-4-11-27(32(2,29)30)17-6-3-5-16(13-17)21(23,24)25/h3,5-6,8-9,13-14H,4,7,10-12H2,1-2H3,(H,26,28). The molecule has 0 aromatic heterocycles. The van der Waals surface area contributed by atoms with Crippen LogP contribution in [-0.2, 0) is 21.0 Å². The minimum Gasteiger partial charge on any atom is -0.492 e. The Hall–Kier alpha value is -2.46. The van der Waals surface area contributed by atoms with Crippen molar-refractivity contribution in [1.29, 1.82) is 0 Å². The molecule has 0 unspecified atom stereocenters. The SMILES string of the molecule is Cc1ccc(OCCNC(=O)CCCN(c2cccc(C(F)(F)F)c2)S(C)(=O)=O)cc1Cl. The maximum Gasteiger partial charge on any atom is 0.416 e. The zero-order valence-corrected chi connectivity index (χ0v) is 19.1. The zero-order chi connectivity index (χ0) is 23.9. The predicted octanol–water partition coefficient (Wildman–Crippen LogP) is 4.41. The van der Waals surface area contributed by atoms with Gasteiger partial charge in [0.2, 0.25) is 15.9 Å². The Kier molecular flexibility index (Phi) is 8.80. The van der Waals surface area contributed by atoms with E-state index in [1.54, 1.807) is 12.1 Å². The fourth-order valence-corrected chi connectivity index (χ4v) is 3.95. The summed E-state index contributed by atoms with van der Waals surface area (Å²) in [6.07, 6.45) is -3.56. The fraction of sp³-hybridized carbons (Fsp3) is 0.381. The molecule has 1 amide bonds. The Morgan fingerprint density at radius 3 is 2.53 bits per heavy atom. The molecule has 2 rings (SSSR count). The van der Waals surface area contributed by atoms with Crippen LogP contribution in [0.2, 0.25) is 5.02 Å². The van der Waals surface area contributed by atoms with E-state index in [1.165, 1.54) is 6.07 Å². The molecule has 176 valence electrons. The molecule has 0 spiro atoms. The molecule has 2 aromatic carbocycles. The number of ether oxygens (including phenoxy) is 1. The van der Waals surface area contributed by atoms with E-state index in [1.807, 2.05) is 13.0 Å². The quantitative estimate of drug-likeness (QED) is 0.498. The Bertz CT molecular complexity index is 1050. The first-order valence-electron chi connectivity index (χ1n) is 9.68. The minimum atomic E-state index is -4.59. The van der Waals surface area contributed by atoms with Crippen molar-refractivity contribution < 1.29 is 31.1 Å². The van der Waals surface area contributed by atoms with Gasteiger partial charge in [0.1, 0.15) is 12.4 Å². The van der Waals surface area contributed by atoms with Crippen molar-refractivity contribution in [2.24, 2.45) is 0 Å². The van der Waals surface area contributed by atoms with Gasteiger partial charge in [0, 0.05) is 18.0 Å². The number of anilines is 1. The van der Waals surface area contributed by atoms with Crippen molar-refractivity contribution in [1.82, 2.24) is 5.32 Å². The highest BCUT2D eigenvalue weighted by atomic mass is 35.5. The molecule has 0 atom stereocenters.